The van der Waals surface area contributed by atoms with Crippen LogP contribution < -0.4 is 9.97 Å². The second-order valence-electron chi connectivity index (χ2n) is 8.55. The molecule has 0 aromatic carbocycles. The quantitative estimate of drug-likeness (QED) is 0.157. The summed E-state index contributed by atoms with van der Waals surface area (Å²) in [6.07, 6.45) is -14.8. The maximum atomic E-state index is 12.7. The first kappa shape index (κ1) is 36.7. The summed E-state index contributed by atoms with van der Waals surface area (Å²) in [5, 5.41) is 0. The predicted octanol–water partition coefficient (Wildman–Crippen LogP) is 8.28. The van der Waals surface area contributed by atoms with Crippen molar-refractivity contribution in [3.8, 4) is 22.8 Å². The van der Waals surface area contributed by atoms with Crippen molar-refractivity contribution in [1.29, 1.82) is 0 Å². The monoisotopic (exact) mass is 688 g/mol. The molecule has 1 fully saturated rings. The van der Waals surface area contributed by atoms with Gasteiger partial charge in [0.1, 0.15) is 0 Å². The van der Waals surface area contributed by atoms with Crippen molar-refractivity contribution in [2.45, 2.75) is 37.5 Å². The molecule has 242 valence electrons. The van der Waals surface area contributed by atoms with Crippen LogP contribution in [0.5, 0.6) is 0 Å². The van der Waals surface area contributed by atoms with Crippen molar-refractivity contribution >= 4 is 0 Å². The smallest absolute Gasteiger partial charge is 0.652 e. The zero-order valence-electron chi connectivity index (χ0n) is 21.7. The maximum absolute atomic E-state index is 12.7. The largest absolute Gasteiger partial charge is 2.00 e. The number of ether oxygens (including phenoxy) is 1. The SMILES string of the molecule is C1CCOC1.FC(F)(F)c1cc(C(F)(F)F)c(-c2ccccn2)[n-]1.FC(F)(F)c1cc(C(F)(F)F)c(-c2ccccn2)[n-]1.[Ni+2]. The van der Waals surface area contributed by atoms with Crippen molar-refractivity contribution in [2.75, 3.05) is 13.2 Å². The van der Waals surface area contributed by atoms with Gasteiger partial charge in [-0.3, -0.25) is 9.97 Å². The molecule has 1 aliphatic heterocycles. The van der Waals surface area contributed by atoms with Gasteiger partial charge in [-0.1, -0.05) is 47.0 Å². The van der Waals surface area contributed by atoms with Crippen LogP contribution in [0, 0.1) is 0 Å². The van der Waals surface area contributed by atoms with E-state index in [4.69, 9.17) is 4.74 Å². The standard InChI is InChI=1S/2C11H5F6N2.C4H8O.Ni/c2*12-10(13,14)6-5-8(11(15,16)17)19-9(6)7-3-1-2-4-18-7;1-2-4-5-3-1;/h2*1-5H;1-4H2;/q2*-1;;+2. The number of hydrogen-bond donors (Lipinski definition) is 0. The summed E-state index contributed by atoms with van der Waals surface area (Å²) in [5.74, 6) is 0. The number of halogens is 12. The first-order chi connectivity index (χ1) is 19.9. The predicted molar refractivity (Wildman–Crippen MR) is 126 cm³/mol. The van der Waals surface area contributed by atoms with Crippen LogP contribution in [-0.4, -0.2) is 23.2 Å². The molecule has 0 N–H and O–H groups in total. The summed E-state index contributed by atoms with van der Waals surface area (Å²) in [7, 11) is 0. The molecule has 0 spiro atoms. The molecular weight excluding hydrogens is 671 g/mol. The van der Waals surface area contributed by atoms with E-state index in [2.05, 4.69) is 19.9 Å². The maximum Gasteiger partial charge on any atom is 2.00 e. The van der Waals surface area contributed by atoms with Crippen LogP contribution in [0.2, 0.25) is 0 Å². The van der Waals surface area contributed by atoms with Crippen LogP contribution in [0.1, 0.15) is 35.4 Å². The molecule has 4 aromatic rings. The van der Waals surface area contributed by atoms with Crippen molar-refractivity contribution in [3.05, 3.63) is 83.4 Å². The molecule has 0 amide bonds. The minimum Gasteiger partial charge on any atom is -0.652 e. The van der Waals surface area contributed by atoms with Gasteiger partial charge in [-0.25, -0.2) is 0 Å². The number of nitrogens with zero attached hydrogens (tertiary/aromatic N) is 4. The second kappa shape index (κ2) is 14.5. The Morgan fingerprint density at radius 1 is 0.545 bits per heavy atom. The summed E-state index contributed by atoms with van der Waals surface area (Å²) in [5.41, 5.74) is -8.21. The van der Waals surface area contributed by atoms with Gasteiger partial charge in [0.05, 0.1) is 0 Å². The van der Waals surface area contributed by atoms with Gasteiger partial charge < -0.3 is 14.7 Å². The molecule has 18 heteroatoms. The molecule has 0 atom stereocenters. The van der Waals surface area contributed by atoms with Gasteiger partial charge in [0, 0.05) is 48.1 Å². The van der Waals surface area contributed by atoms with E-state index in [1.807, 2.05) is 0 Å². The van der Waals surface area contributed by atoms with E-state index in [0.717, 1.165) is 25.3 Å². The molecule has 0 saturated carbocycles. The Labute approximate surface area is 251 Å². The summed E-state index contributed by atoms with van der Waals surface area (Å²) in [6, 6.07) is 7.91. The van der Waals surface area contributed by atoms with Gasteiger partial charge in [0.2, 0.25) is 0 Å². The molecule has 0 radical (unpaired) electrons. The van der Waals surface area contributed by atoms with Gasteiger partial charge >= 0.3 is 41.2 Å². The fraction of sp³-hybridized carbons (Fsp3) is 0.308. The Bertz CT molecular complexity index is 1330. The average molecular weight is 689 g/mol. The fourth-order valence-corrected chi connectivity index (χ4v) is 3.47. The molecule has 1 aliphatic rings. The van der Waals surface area contributed by atoms with Gasteiger partial charge in [-0.2, -0.15) is 52.7 Å². The van der Waals surface area contributed by atoms with Crippen LogP contribution in [0.15, 0.2) is 60.9 Å². The molecule has 0 bridgehead atoms. The molecular formula is C26H18F12N4NiO. The van der Waals surface area contributed by atoms with Gasteiger partial charge in [-0.05, 0) is 37.1 Å². The van der Waals surface area contributed by atoms with Crippen molar-refractivity contribution in [2.24, 2.45) is 0 Å². The fourth-order valence-electron chi connectivity index (χ4n) is 3.47. The van der Waals surface area contributed by atoms with E-state index >= 15 is 0 Å². The minimum atomic E-state index is -4.94. The number of alkyl halides is 12. The molecule has 0 unspecified atom stereocenters. The summed E-state index contributed by atoms with van der Waals surface area (Å²) >= 11 is 0. The third-order valence-electron chi connectivity index (χ3n) is 5.37. The number of hydrogen-bond acceptors (Lipinski definition) is 3. The van der Waals surface area contributed by atoms with E-state index in [0.29, 0.717) is 0 Å². The Morgan fingerprint density at radius 2 is 0.909 bits per heavy atom. The van der Waals surface area contributed by atoms with Crippen LogP contribution in [0.3, 0.4) is 0 Å². The van der Waals surface area contributed by atoms with Crippen LogP contribution in [0.25, 0.3) is 22.8 Å². The zero-order valence-corrected chi connectivity index (χ0v) is 22.6. The number of rotatable bonds is 2. The van der Waals surface area contributed by atoms with E-state index in [1.165, 1.54) is 49.5 Å². The van der Waals surface area contributed by atoms with Crippen LogP contribution in [0.4, 0.5) is 52.7 Å². The Balaban J connectivity index is 0.000000259. The van der Waals surface area contributed by atoms with Gasteiger partial charge in [0.25, 0.3) is 0 Å². The number of aromatic nitrogens is 4. The van der Waals surface area contributed by atoms with Gasteiger partial charge in [-0.15, -0.1) is 0 Å². The van der Waals surface area contributed by atoms with E-state index in [9.17, 15) is 52.7 Å². The normalized spacial score (nSPS) is 13.7. The second-order valence-corrected chi connectivity index (χ2v) is 8.55. The third kappa shape index (κ3) is 10.0. The van der Waals surface area contributed by atoms with Crippen LogP contribution in [-0.2, 0) is 45.9 Å². The zero-order chi connectivity index (χ0) is 32.1. The molecule has 4 aromatic heterocycles. The first-order valence-electron chi connectivity index (χ1n) is 11.9. The van der Waals surface area contributed by atoms with E-state index in [-0.39, 0.29) is 40.0 Å². The van der Waals surface area contributed by atoms with Gasteiger partial charge in [0.15, 0.2) is 0 Å². The molecule has 5 rings (SSSR count). The molecule has 44 heavy (non-hydrogen) atoms. The Kier molecular flexibility index (Phi) is 12.1. The summed E-state index contributed by atoms with van der Waals surface area (Å²) < 4.78 is 156. The van der Waals surface area contributed by atoms with Crippen molar-refractivity contribution in [3.63, 3.8) is 0 Å². The summed E-state index contributed by atoms with van der Waals surface area (Å²) in [6.45, 7) is 2.00. The molecule has 5 heterocycles. The van der Waals surface area contributed by atoms with E-state index in [1.54, 1.807) is 0 Å². The topological polar surface area (TPSA) is 63.2 Å². The Morgan fingerprint density at radius 3 is 1.14 bits per heavy atom. The van der Waals surface area contributed by atoms with E-state index < -0.39 is 58.6 Å². The van der Waals surface area contributed by atoms with Crippen LogP contribution >= 0.6 is 0 Å². The van der Waals surface area contributed by atoms with Crippen molar-refractivity contribution in [1.82, 2.24) is 19.9 Å². The number of pyridine rings is 2. The first-order valence-corrected chi connectivity index (χ1v) is 11.9. The molecule has 1 saturated heterocycles. The molecule has 5 nitrogen and oxygen atoms in total. The summed E-state index contributed by atoms with van der Waals surface area (Å²) in [4.78, 5) is 13.2. The minimum absolute atomic E-state index is 0. The molecule has 0 aliphatic carbocycles. The third-order valence-corrected chi connectivity index (χ3v) is 5.37. The van der Waals surface area contributed by atoms with Crippen molar-refractivity contribution < 1.29 is 73.9 Å². The average Bonchev–Trinajstić information content (AvgIpc) is 3.70. The Hall–Kier alpha value is -3.53.